The SMILES string of the molecule is COC(=O)C1N(C(=O)CNC(=O)COc2ccccc2)C=C(NC(=O)COc2ccccc2)SC1(C)C. The fraction of sp³-hybridized carbons (Fsp3) is 0.308. The molecule has 3 amide bonds. The van der Waals surface area contributed by atoms with Crippen molar-refractivity contribution in [1.82, 2.24) is 15.5 Å². The molecule has 10 nitrogen and oxygen atoms in total. The Labute approximate surface area is 219 Å². The molecule has 1 aliphatic heterocycles. The second-order valence-electron chi connectivity index (χ2n) is 8.45. The molecule has 0 saturated heterocycles. The maximum atomic E-state index is 13.1. The standard InChI is InChI=1S/C26H29N3O7S/c1-26(2)24(25(33)34-3)29(23(32)14-27-20(30)16-35-18-10-6-4-7-11-18)15-22(37-26)28-21(31)17-36-19-12-8-5-9-13-19/h4-13,15,24H,14,16-17H2,1-3H3,(H,27,30)(H,28,31). The van der Waals surface area contributed by atoms with Crippen molar-refractivity contribution < 1.29 is 33.4 Å². The first-order chi connectivity index (χ1) is 17.7. The Morgan fingerprint density at radius 2 is 1.43 bits per heavy atom. The first-order valence-corrected chi connectivity index (χ1v) is 12.2. The number of para-hydroxylation sites is 2. The van der Waals surface area contributed by atoms with Gasteiger partial charge in [0.2, 0.25) is 5.91 Å². The van der Waals surface area contributed by atoms with Gasteiger partial charge in [0.1, 0.15) is 17.5 Å². The van der Waals surface area contributed by atoms with E-state index in [-0.39, 0.29) is 19.8 Å². The third-order valence-corrected chi connectivity index (χ3v) is 6.38. The first kappa shape index (κ1) is 27.6. The summed E-state index contributed by atoms with van der Waals surface area (Å²) < 4.78 is 14.9. The molecule has 2 N–H and O–H groups in total. The Morgan fingerprint density at radius 1 is 0.892 bits per heavy atom. The van der Waals surface area contributed by atoms with Gasteiger partial charge < -0.3 is 24.8 Å². The number of esters is 1. The molecule has 2 aromatic rings. The van der Waals surface area contributed by atoms with Crippen LogP contribution in [0, 0.1) is 0 Å². The maximum Gasteiger partial charge on any atom is 0.330 e. The van der Waals surface area contributed by atoms with Crippen molar-refractivity contribution in [3.8, 4) is 11.5 Å². The van der Waals surface area contributed by atoms with E-state index in [9.17, 15) is 19.2 Å². The molecule has 2 aromatic carbocycles. The van der Waals surface area contributed by atoms with Gasteiger partial charge in [-0.2, -0.15) is 0 Å². The fourth-order valence-electron chi connectivity index (χ4n) is 3.51. The highest BCUT2D eigenvalue weighted by atomic mass is 32.2. The average molecular weight is 528 g/mol. The van der Waals surface area contributed by atoms with E-state index < -0.39 is 34.5 Å². The van der Waals surface area contributed by atoms with E-state index in [4.69, 9.17) is 14.2 Å². The van der Waals surface area contributed by atoms with E-state index in [1.165, 1.54) is 30.0 Å². The molecule has 196 valence electrons. The molecular weight excluding hydrogens is 498 g/mol. The molecule has 11 heteroatoms. The molecule has 0 saturated carbocycles. The Hall–Kier alpha value is -3.99. The Balaban J connectivity index is 1.65. The van der Waals surface area contributed by atoms with Crippen LogP contribution in [0.2, 0.25) is 0 Å². The minimum atomic E-state index is -0.992. The highest BCUT2D eigenvalue weighted by Gasteiger charge is 2.46. The zero-order chi connectivity index (χ0) is 26.8. The summed E-state index contributed by atoms with van der Waals surface area (Å²) in [5.41, 5.74) is 0. The van der Waals surface area contributed by atoms with E-state index in [1.807, 2.05) is 12.1 Å². The summed E-state index contributed by atoms with van der Waals surface area (Å²) in [5.74, 6) is -1.08. The number of carbonyl (C=O) groups excluding carboxylic acids is 4. The van der Waals surface area contributed by atoms with Crippen LogP contribution in [-0.2, 0) is 23.9 Å². The van der Waals surface area contributed by atoms with Crippen LogP contribution in [0.5, 0.6) is 11.5 Å². The van der Waals surface area contributed by atoms with Gasteiger partial charge in [-0.25, -0.2) is 4.79 Å². The highest BCUT2D eigenvalue weighted by Crippen LogP contribution is 2.40. The highest BCUT2D eigenvalue weighted by molar-refractivity contribution is 8.04. The van der Waals surface area contributed by atoms with Crippen LogP contribution in [0.1, 0.15) is 13.8 Å². The van der Waals surface area contributed by atoms with Crippen molar-refractivity contribution in [2.45, 2.75) is 24.6 Å². The lowest BCUT2D eigenvalue weighted by Crippen LogP contribution is -2.57. The normalized spacial score (nSPS) is 16.1. The minimum Gasteiger partial charge on any atom is -0.484 e. The van der Waals surface area contributed by atoms with Crippen molar-refractivity contribution in [3.63, 3.8) is 0 Å². The van der Waals surface area contributed by atoms with E-state index >= 15 is 0 Å². The monoisotopic (exact) mass is 527 g/mol. The number of carbonyl (C=O) groups is 4. The van der Waals surface area contributed by atoms with Crippen LogP contribution in [-0.4, -0.2) is 66.2 Å². The number of ether oxygens (including phenoxy) is 3. The number of rotatable bonds is 10. The molecule has 1 heterocycles. The molecule has 0 fully saturated rings. The number of methoxy groups -OCH3 is 1. The molecule has 1 aliphatic rings. The van der Waals surface area contributed by atoms with Gasteiger partial charge >= 0.3 is 5.97 Å². The smallest absolute Gasteiger partial charge is 0.330 e. The van der Waals surface area contributed by atoms with Crippen LogP contribution in [0.25, 0.3) is 0 Å². The third-order valence-electron chi connectivity index (χ3n) is 5.20. The Bertz CT molecular complexity index is 1140. The Kier molecular flexibility index (Phi) is 9.56. The van der Waals surface area contributed by atoms with Gasteiger partial charge in [0.05, 0.1) is 18.7 Å². The van der Waals surface area contributed by atoms with Gasteiger partial charge in [0, 0.05) is 10.9 Å². The molecule has 0 bridgehead atoms. The van der Waals surface area contributed by atoms with Gasteiger partial charge in [-0.1, -0.05) is 48.2 Å². The molecule has 0 aromatic heterocycles. The first-order valence-electron chi connectivity index (χ1n) is 11.4. The number of nitrogens with one attached hydrogen (secondary N) is 2. The topological polar surface area (TPSA) is 123 Å². The van der Waals surface area contributed by atoms with Crippen molar-refractivity contribution in [2.75, 3.05) is 26.9 Å². The van der Waals surface area contributed by atoms with Crippen LogP contribution < -0.4 is 20.1 Å². The lowest BCUT2D eigenvalue weighted by Gasteiger charge is -2.42. The molecule has 0 radical (unpaired) electrons. The van der Waals surface area contributed by atoms with Gasteiger partial charge in [-0.3, -0.25) is 19.3 Å². The second kappa shape index (κ2) is 12.8. The summed E-state index contributed by atoms with van der Waals surface area (Å²) in [5, 5.41) is 5.56. The van der Waals surface area contributed by atoms with Crippen LogP contribution in [0.4, 0.5) is 0 Å². The van der Waals surface area contributed by atoms with Crippen molar-refractivity contribution >= 4 is 35.5 Å². The van der Waals surface area contributed by atoms with E-state index in [1.54, 1.807) is 62.4 Å². The Morgan fingerprint density at radius 3 is 1.97 bits per heavy atom. The molecule has 1 atom stereocenters. The molecule has 3 rings (SSSR count). The summed E-state index contributed by atoms with van der Waals surface area (Å²) in [4.78, 5) is 51.6. The number of benzene rings is 2. The second-order valence-corrected chi connectivity index (χ2v) is 10.2. The minimum absolute atomic E-state index is 0.242. The fourth-order valence-corrected chi connectivity index (χ4v) is 4.72. The summed E-state index contributed by atoms with van der Waals surface area (Å²) in [7, 11) is 1.23. The lowest BCUT2D eigenvalue weighted by molar-refractivity contribution is -0.151. The quantitative estimate of drug-likeness (QED) is 0.450. The summed E-state index contributed by atoms with van der Waals surface area (Å²) in [6, 6.07) is 16.7. The van der Waals surface area contributed by atoms with Crippen molar-refractivity contribution in [1.29, 1.82) is 0 Å². The van der Waals surface area contributed by atoms with E-state index in [2.05, 4.69) is 10.6 Å². The largest absolute Gasteiger partial charge is 0.484 e. The predicted octanol–water partition coefficient (Wildman–Crippen LogP) is 2.07. The number of thioether (sulfide) groups is 1. The summed E-state index contributed by atoms with van der Waals surface area (Å²) >= 11 is 1.21. The number of hydrogen-bond donors (Lipinski definition) is 2. The number of nitrogens with zero attached hydrogens (tertiary/aromatic N) is 1. The lowest BCUT2D eigenvalue weighted by atomic mass is 10.0. The van der Waals surface area contributed by atoms with E-state index in [0.29, 0.717) is 16.5 Å². The van der Waals surface area contributed by atoms with Crippen LogP contribution >= 0.6 is 11.8 Å². The van der Waals surface area contributed by atoms with E-state index in [0.717, 1.165) is 0 Å². The van der Waals surface area contributed by atoms with Gasteiger partial charge in [0.25, 0.3) is 11.8 Å². The van der Waals surface area contributed by atoms with Gasteiger partial charge in [-0.15, -0.1) is 0 Å². The summed E-state index contributed by atoms with van der Waals surface area (Å²) in [6.45, 7) is 2.60. The molecule has 1 unspecified atom stereocenters. The van der Waals surface area contributed by atoms with Crippen LogP contribution in [0.15, 0.2) is 71.9 Å². The maximum absolute atomic E-state index is 13.1. The average Bonchev–Trinajstić information content (AvgIpc) is 2.89. The van der Waals surface area contributed by atoms with Gasteiger partial charge in [0.15, 0.2) is 13.2 Å². The molecule has 0 aliphatic carbocycles. The van der Waals surface area contributed by atoms with Crippen molar-refractivity contribution in [2.24, 2.45) is 0 Å². The number of amides is 3. The zero-order valence-electron chi connectivity index (χ0n) is 20.8. The molecular formula is C26H29N3O7S. The summed E-state index contributed by atoms with van der Waals surface area (Å²) in [6.07, 6.45) is 1.37. The van der Waals surface area contributed by atoms with Crippen molar-refractivity contribution in [3.05, 3.63) is 71.9 Å². The molecule has 0 spiro atoms. The van der Waals surface area contributed by atoms with Gasteiger partial charge in [-0.05, 0) is 38.1 Å². The van der Waals surface area contributed by atoms with Crippen LogP contribution in [0.3, 0.4) is 0 Å². The zero-order valence-corrected chi connectivity index (χ0v) is 21.6. The number of hydrogen-bond acceptors (Lipinski definition) is 8. The third kappa shape index (κ3) is 8.01. The predicted molar refractivity (Wildman–Crippen MR) is 137 cm³/mol. The molecule has 37 heavy (non-hydrogen) atoms.